The van der Waals surface area contributed by atoms with Crippen LogP contribution in [0.4, 0.5) is 5.69 Å². The molecule has 1 aromatic carbocycles. The van der Waals surface area contributed by atoms with Gasteiger partial charge >= 0.3 is 5.97 Å². The van der Waals surface area contributed by atoms with Crippen molar-refractivity contribution in [3.8, 4) is 0 Å². The van der Waals surface area contributed by atoms with Crippen molar-refractivity contribution in [2.75, 3.05) is 12.4 Å². The number of carbonyl (C=O) groups excluding carboxylic acids is 2. The van der Waals surface area contributed by atoms with E-state index >= 15 is 0 Å². The third-order valence-corrected chi connectivity index (χ3v) is 5.26. The van der Waals surface area contributed by atoms with E-state index in [1.165, 1.54) is 17.6 Å². The minimum atomic E-state index is -0.385. The molecule has 1 amide bonds. The van der Waals surface area contributed by atoms with E-state index in [1.807, 2.05) is 5.38 Å². The Morgan fingerprint density at radius 3 is 2.70 bits per heavy atom. The molecule has 1 aromatic heterocycles. The van der Waals surface area contributed by atoms with Gasteiger partial charge in [0.25, 0.3) is 5.91 Å². The molecule has 1 N–H and O–H groups in total. The van der Waals surface area contributed by atoms with Crippen LogP contribution in [0.3, 0.4) is 0 Å². The summed E-state index contributed by atoms with van der Waals surface area (Å²) in [6.45, 7) is 2.26. The number of rotatable bonds is 3. The average molecular weight is 329 g/mol. The van der Waals surface area contributed by atoms with Crippen LogP contribution < -0.4 is 5.32 Å². The number of hydrogen-bond donors (Lipinski definition) is 1. The van der Waals surface area contributed by atoms with Gasteiger partial charge < -0.3 is 10.1 Å². The lowest BCUT2D eigenvalue weighted by Gasteiger charge is -2.18. The van der Waals surface area contributed by atoms with Gasteiger partial charge in [-0.2, -0.15) is 0 Å². The van der Waals surface area contributed by atoms with Gasteiger partial charge in [0.1, 0.15) is 0 Å². The van der Waals surface area contributed by atoms with Gasteiger partial charge in [0.15, 0.2) is 0 Å². The van der Waals surface area contributed by atoms with E-state index in [0.29, 0.717) is 17.2 Å². The van der Waals surface area contributed by atoms with E-state index in [9.17, 15) is 9.59 Å². The van der Waals surface area contributed by atoms with Crippen molar-refractivity contribution in [3.05, 3.63) is 51.2 Å². The number of benzene rings is 1. The Hall–Kier alpha value is -2.14. The van der Waals surface area contributed by atoms with Crippen molar-refractivity contribution in [1.82, 2.24) is 0 Å². The summed E-state index contributed by atoms with van der Waals surface area (Å²) in [6.07, 6.45) is 3.18. The van der Waals surface area contributed by atoms with E-state index in [1.54, 1.807) is 35.6 Å². The van der Waals surface area contributed by atoms with Crippen LogP contribution in [0.5, 0.6) is 0 Å². The van der Waals surface area contributed by atoms with Crippen LogP contribution >= 0.6 is 11.3 Å². The first-order valence-electron chi connectivity index (χ1n) is 7.67. The SMILES string of the molecule is COC(=O)c1ccc(NC(=O)c2csc3c2CCC(C)C3)cc1. The van der Waals surface area contributed by atoms with E-state index in [4.69, 9.17) is 0 Å². The molecule has 0 fully saturated rings. The van der Waals surface area contributed by atoms with E-state index in [2.05, 4.69) is 17.0 Å². The molecular formula is C18H19NO3S. The third kappa shape index (κ3) is 3.29. The lowest BCUT2D eigenvalue weighted by Crippen LogP contribution is -2.16. The van der Waals surface area contributed by atoms with Crippen molar-refractivity contribution < 1.29 is 14.3 Å². The molecule has 1 unspecified atom stereocenters. The number of hydrogen-bond acceptors (Lipinski definition) is 4. The first kappa shape index (κ1) is 15.7. The highest BCUT2D eigenvalue weighted by Gasteiger charge is 2.23. The Morgan fingerprint density at radius 1 is 1.26 bits per heavy atom. The maximum atomic E-state index is 12.5. The second-order valence-corrected chi connectivity index (χ2v) is 6.89. The summed E-state index contributed by atoms with van der Waals surface area (Å²) in [5.41, 5.74) is 3.13. The largest absolute Gasteiger partial charge is 0.465 e. The van der Waals surface area contributed by atoms with Gasteiger partial charge in [-0.3, -0.25) is 4.79 Å². The van der Waals surface area contributed by atoms with E-state index in [-0.39, 0.29) is 11.9 Å². The quantitative estimate of drug-likeness (QED) is 0.869. The van der Waals surface area contributed by atoms with Crippen LogP contribution in [0, 0.1) is 5.92 Å². The fourth-order valence-corrected chi connectivity index (χ4v) is 4.12. The first-order valence-corrected chi connectivity index (χ1v) is 8.55. The van der Waals surface area contributed by atoms with E-state index < -0.39 is 0 Å². The van der Waals surface area contributed by atoms with Crippen molar-refractivity contribution in [2.24, 2.45) is 5.92 Å². The number of esters is 1. The van der Waals surface area contributed by atoms with Gasteiger partial charge in [-0.1, -0.05) is 6.92 Å². The zero-order valence-corrected chi connectivity index (χ0v) is 14.0. The average Bonchev–Trinajstić information content (AvgIpc) is 2.97. The summed E-state index contributed by atoms with van der Waals surface area (Å²) in [5, 5.41) is 4.86. The highest BCUT2D eigenvalue weighted by atomic mass is 32.1. The number of ether oxygens (including phenoxy) is 1. The second-order valence-electron chi connectivity index (χ2n) is 5.92. The number of thiophene rings is 1. The Labute approximate surface area is 139 Å². The lowest BCUT2D eigenvalue weighted by molar-refractivity contribution is 0.0600. The Bertz CT molecular complexity index is 733. The van der Waals surface area contributed by atoms with Crippen LogP contribution in [-0.4, -0.2) is 19.0 Å². The number of nitrogens with one attached hydrogen (secondary N) is 1. The molecule has 2 aromatic rings. The number of fused-ring (bicyclic) bond motifs is 1. The third-order valence-electron chi connectivity index (χ3n) is 4.21. The van der Waals surface area contributed by atoms with Gasteiger partial charge in [-0.25, -0.2) is 4.79 Å². The fourth-order valence-electron chi connectivity index (χ4n) is 2.87. The van der Waals surface area contributed by atoms with Crippen LogP contribution in [0.1, 0.15) is 44.5 Å². The summed E-state index contributed by atoms with van der Waals surface area (Å²) in [6, 6.07) is 6.72. The minimum Gasteiger partial charge on any atom is -0.465 e. The summed E-state index contributed by atoms with van der Waals surface area (Å²) in [5.74, 6) is 0.231. The molecule has 0 bridgehead atoms. The van der Waals surface area contributed by atoms with Crippen molar-refractivity contribution in [3.63, 3.8) is 0 Å². The highest BCUT2D eigenvalue weighted by Crippen LogP contribution is 2.33. The van der Waals surface area contributed by atoms with E-state index in [0.717, 1.165) is 24.8 Å². The first-order chi connectivity index (χ1) is 11.1. The Morgan fingerprint density at radius 2 is 2.00 bits per heavy atom. The van der Waals surface area contributed by atoms with Gasteiger partial charge in [0.2, 0.25) is 0 Å². The monoisotopic (exact) mass is 329 g/mol. The highest BCUT2D eigenvalue weighted by molar-refractivity contribution is 7.10. The normalized spacial score (nSPS) is 16.5. The van der Waals surface area contributed by atoms with Crippen LogP contribution in [0.2, 0.25) is 0 Å². The molecule has 5 heteroatoms. The van der Waals surface area contributed by atoms with Gasteiger partial charge in [0.05, 0.1) is 18.2 Å². The second kappa shape index (κ2) is 6.54. The van der Waals surface area contributed by atoms with Crippen molar-refractivity contribution in [1.29, 1.82) is 0 Å². The molecular weight excluding hydrogens is 310 g/mol. The molecule has 0 aliphatic heterocycles. The molecule has 4 nitrogen and oxygen atoms in total. The van der Waals surface area contributed by atoms with Gasteiger partial charge in [-0.15, -0.1) is 11.3 Å². The summed E-state index contributed by atoms with van der Waals surface area (Å²) < 4.78 is 4.66. The number of amides is 1. The molecule has 0 spiro atoms. The summed E-state index contributed by atoms with van der Waals surface area (Å²) in [7, 11) is 1.35. The molecule has 1 heterocycles. The summed E-state index contributed by atoms with van der Waals surface area (Å²) >= 11 is 1.68. The minimum absolute atomic E-state index is 0.0807. The maximum absolute atomic E-state index is 12.5. The molecule has 0 saturated carbocycles. The van der Waals surface area contributed by atoms with Gasteiger partial charge in [-0.05, 0) is 55.0 Å². The van der Waals surface area contributed by atoms with Crippen LogP contribution in [-0.2, 0) is 17.6 Å². The Kier molecular flexibility index (Phi) is 4.48. The maximum Gasteiger partial charge on any atom is 0.337 e. The van der Waals surface area contributed by atoms with Gasteiger partial charge in [0, 0.05) is 15.9 Å². The zero-order valence-electron chi connectivity index (χ0n) is 13.2. The Balaban J connectivity index is 1.74. The molecule has 120 valence electrons. The standard InChI is InChI=1S/C18H19NO3S/c1-11-3-8-14-15(10-23-16(14)9-11)17(20)19-13-6-4-12(5-7-13)18(21)22-2/h4-7,10-11H,3,8-9H2,1-2H3,(H,19,20). The number of anilines is 1. The molecule has 1 aliphatic rings. The van der Waals surface area contributed by atoms with Crippen LogP contribution in [0.15, 0.2) is 29.6 Å². The molecule has 3 rings (SSSR count). The smallest absolute Gasteiger partial charge is 0.337 e. The predicted octanol–water partition coefficient (Wildman–Crippen LogP) is 3.91. The molecule has 1 aliphatic carbocycles. The topological polar surface area (TPSA) is 55.4 Å². The lowest BCUT2D eigenvalue weighted by atomic mass is 9.88. The number of methoxy groups -OCH3 is 1. The number of carbonyl (C=O) groups is 2. The summed E-state index contributed by atoms with van der Waals surface area (Å²) in [4.78, 5) is 25.3. The molecule has 23 heavy (non-hydrogen) atoms. The van der Waals surface area contributed by atoms with Crippen LogP contribution in [0.25, 0.3) is 0 Å². The molecule has 1 atom stereocenters. The fraction of sp³-hybridized carbons (Fsp3) is 0.333. The molecule has 0 radical (unpaired) electrons. The van der Waals surface area contributed by atoms with Crippen molar-refractivity contribution >= 4 is 28.9 Å². The molecule has 0 saturated heterocycles. The zero-order chi connectivity index (χ0) is 16.4. The van der Waals surface area contributed by atoms with Crippen molar-refractivity contribution in [2.45, 2.75) is 26.2 Å². The predicted molar refractivity (Wildman–Crippen MR) is 91.2 cm³/mol.